The summed E-state index contributed by atoms with van der Waals surface area (Å²) in [5.74, 6) is 0.0876. The summed E-state index contributed by atoms with van der Waals surface area (Å²) in [6.45, 7) is 1.76. The van der Waals surface area contributed by atoms with Gasteiger partial charge in [-0.05, 0) is 48.9 Å². The highest BCUT2D eigenvalue weighted by molar-refractivity contribution is 6.23. The zero-order valence-corrected chi connectivity index (χ0v) is 14.0. The van der Waals surface area contributed by atoms with Crippen LogP contribution in [0.4, 0.5) is 11.4 Å². The van der Waals surface area contributed by atoms with Crippen molar-refractivity contribution < 1.29 is 14.3 Å². The number of ether oxygens (including phenoxy) is 1. The fourth-order valence-electron chi connectivity index (χ4n) is 2.61. The maximum Gasteiger partial charge on any atom is 0.257 e. The first-order chi connectivity index (χ1) is 12.1. The summed E-state index contributed by atoms with van der Waals surface area (Å²) < 4.78 is 5.12. The minimum absolute atomic E-state index is 0.322. The van der Waals surface area contributed by atoms with Gasteiger partial charge in [0.25, 0.3) is 11.8 Å². The van der Waals surface area contributed by atoms with Crippen molar-refractivity contribution in [3.63, 3.8) is 0 Å². The van der Waals surface area contributed by atoms with Crippen LogP contribution in [0.15, 0.2) is 66.2 Å². The molecule has 0 aromatic heterocycles. The van der Waals surface area contributed by atoms with E-state index < -0.39 is 6.04 Å². The normalized spacial score (nSPS) is 17.3. The van der Waals surface area contributed by atoms with Gasteiger partial charge in [-0.1, -0.05) is 18.2 Å². The van der Waals surface area contributed by atoms with Crippen molar-refractivity contribution in [1.29, 1.82) is 0 Å². The van der Waals surface area contributed by atoms with Gasteiger partial charge in [0, 0.05) is 11.8 Å². The van der Waals surface area contributed by atoms with Crippen LogP contribution in [0.2, 0.25) is 0 Å². The molecule has 1 unspecified atom stereocenters. The van der Waals surface area contributed by atoms with Crippen LogP contribution in [0.25, 0.3) is 0 Å². The van der Waals surface area contributed by atoms with E-state index in [4.69, 9.17) is 4.74 Å². The summed E-state index contributed by atoms with van der Waals surface area (Å²) in [6.07, 6.45) is 1.47. The Labute approximate surface area is 146 Å². The lowest BCUT2D eigenvalue weighted by atomic mass is 10.0. The topological polar surface area (TPSA) is 70.7 Å². The second kappa shape index (κ2) is 7.19. The second-order valence-electron chi connectivity index (χ2n) is 5.67. The van der Waals surface area contributed by atoms with Crippen molar-refractivity contribution in [2.45, 2.75) is 13.0 Å². The highest BCUT2D eigenvalue weighted by Crippen LogP contribution is 2.22. The van der Waals surface area contributed by atoms with Crippen molar-refractivity contribution in [3.05, 3.63) is 66.2 Å². The molecule has 2 N–H and O–H groups in total. The molecule has 2 amide bonds. The van der Waals surface area contributed by atoms with Crippen LogP contribution in [0.3, 0.4) is 0 Å². The molecule has 0 radical (unpaired) electrons. The van der Waals surface area contributed by atoms with Crippen LogP contribution in [-0.4, -0.2) is 25.0 Å². The quantitative estimate of drug-likeness (QED) is 0.648. The number of para-hydroxylation sites is 1. The fourth-order valence-corrected chi connectivity index (χ4v) is 2.61. The summed E-state index contributed by atoms with van der Waals surface area (Å²) in [7, 11) is 1.60. The average molecular weight is 337 g/mol. The Bertz CT molecular complexity index is 800. The lowest BCUT2D eigenvalue weighted by molar-refractivity contribution is -0.125. The number of carbonyl (C=O) groups is 2. The Balaban J connectivity index is 1.77. The third-order valence-corrected chi connectivity index (χ3v) is 3.96. The minimum atomic E-state index is -0.639. The van der Waals surface area contributed by atoms with E-state index in [2.05, 4.69) is 10.9 Å². The molecule has 1 aliphatic heterocycles. The molecule has 1 heterocycles. The molecule has 1 atom stereocenters. The first-order valence-electron chi connectivity index (χ1n) is 7.87. The fraction of sp³-hybridized carbons (Fsp3) is 0.158. The van der Waals surface area contributed by atoms with Crippen LogP contribution in [0.5, 0.6) is 5.75 Å². The van der Waals surface area contributed by atoms with E-state index in [-0.39, 0.29) is 11.8 Å². The number of anilines is 2. The first-order valence-corrected chi connectivity index (χ1v) is 7.87. The number of nitrogens with one attached hydrogen (secondary N) is 2. The Hall–Kier alpha value is -3.12. The smallest absolute Gasteiger partial charge is 0.257 e. The van der Waals surface area contributed by atoms with Crippen LogP contribution in [-0.2, 0) is 9.59 Å². The molecule has 6 heteroatoms. The number of nitrogens with zero attached hydrogens (tertiary/aromatic N) is 1. The standard InChI is InChI=1S/C19H19N3O3/c1-13-12-17(23)22(15-6-4-3-5-7-15)19(24)18(13)21-20-14-8-10-16(25-2)11-9-14/h3-12,18,20-21H,1-2H3. The molecule has 1 aliphatic rings. The Morgan fingerprint density at radius 3 is 2.32 bits per heavy atom. The van der Waals surface area contributed by atoms with Gasteiger partial charge >= 0.3 is 0 Å². The number of carbonyl (C=O) groups excluding carboxylic acids is 2. The molecular weight excluding hydrogens is 318 g/mol. The van der Waals surface area contributed by atoms with Crippen LogP contribution in [0, 0.1) is 0 Å². The van der Waals surface area contributed by atoms with Gasteiger partial charge in [-0.25, -0.2) is 10.3 Å². The molecule has 6 nitrogen and oxygen atoms in total. The molecule has 2 aromatic rings. The van der Waals surface area contributed by atoms with Crippen molar-refractivity contribution in [2.24, 2.45) is 0 Å². The summed E-state index contributed by atoms with van der Waals surface area (Å²) in [5.41, 5.74) is 7.99. The number of hydrogen-bond acceptors (Lipinski definition) is 5. The Kier molecular flexibility index (Phi) is 4.81. The highest BCUT2D eigenvalue weighted by Gasteiger charge is 2.34. The molecule has 0 saturated heterocycles. The van der Waals surface area contributed by atoms with Gasteiger partial charge in [-0.3, -0.25) is 9.59 Å². The van der Waals surface area contributed by atoms with Crippen LogP contribution < -0.4 is 20.5 Å². The van der Waals surface area contributed by atoms with Gasteiger partial charge in [0.05, 0.1) is 12.8 Å². The van der Waals surface area contributed by atoms with Gasteiger partial charge in [-0.15, -0.1) is 0 Å². The summed E-state index contributed by atoms with van der Waals surface area (Å²) in [4.78, 5) is 26.3. The average Bonchev–Trinajstić information content (AvgIpc) is 2.62. The van der Waals surface area contributed by atoms with E-state index in [1.165, 1.54) is 11.0 Å². The van der Waals surface area contributed by atoms with Crippen molar-refractivity contribution >= 4 is 23.2 Å². The number of amides is 2. The molecule has 0 bridgehead atoms. The largest absolute Gasteiger partial charge is 0.497 e. The Morgan fingerprint density at radius 2 is 1.68 bits per heavy atom. The molecule has 128 valence electrons. The number of hydrazine groups is 1. The molecule has 3 rings (SSSR count). The molecule has 0 fully saturated rings. The van der Waals surface area contributed by atoms with Crippen LogP contribution >= 0.6 is 0 Å². The number of methoxy groups -OCH3 is 1. The third-order valence-electron chi connectivity index (χ3n) is 3.96. The molecule has 0 aliphatic carbocycles. The van der Waals surface area contributed by atoms with E-state index in [0.717, 1.165) is 11.4 Å². The Morgan fingerprint density at radius 1 is 1.00 bits per heavy atom. The highest BCUT2D eigenvalue weighted by atomic mass is 16.5. The maximum atomic E-state index is 12.8. The molecule has 0 spiro atoms. The predicted molar refractivity (Wildman–Crippen MR) is 96.2 cm³/mol. The maximum absolute atomic E-state index is 12.8. The second-order valence-corrected chi connectivity index (χ2v) is 5.67. The van der Waals surface area contributed by atoms with E-state index in [9.17, 15) is 9.59 Å². The third kappa shape index (κ3) is 3.54. The summed E-state index contributed by atoms with van der Waals surface area (Å²) >= 11 is 0. The number of benzene rings is 2. The van der Waals surface area contributed by atoms with E-state index in [1.807, 2.05) is 30.3 Å². The SMILES string of the molecule is COc1ccc(NNC2C(=O)N(c3ccccc3)C(=O)C=C2C)cc1. The molecule has 2 aromatic carbocycles. The zero-order valence-electron chi connectivity index (χ0n) is 14.0. The van der Waals surface area contributed by atoms with E-state index in [0.29, 0.717) is 11.3 Å². The monoisotopic (exact) mass is 337 g/mol. The minimum Gasteiger partial charge on any atom is -0.497 e. The van der Waals surface area contributed by atoms with Crippen molar-refractivity contribution in [3.8, 4) is 5.75 Å². The predicted octanol–water partition coefficient (Wildman–Crippen LogP) is 2.50. The van der Waals surface area contributed by atoms with Gasteiger partial charge in [0.15, 0.2) is 0 Å². The molecule has 0 saturated carbocycles. The zero-order chi connectivity index (χ0) is 17.8. The van der Waals surface area contributed by atoms with Crippen molar-refractivity contribution in [1.82, 2.24) is 5.43 Å². The lowest BCUT2D eigenvalue weighted by Gasteiger charge is -2.30. The van der Waals surface area contributed by atoms with E-state index in [1.54, 1.807) is 38.3 Å². The van der Waals surface area contributed by atoms with Gasteiger partial charge < -0.3 is 10.2 Å². The van der Waals surface area contributed by atoms with Gasteiger partial charge in [0.2, 0.25) is 0 Å². The van der Waals surface area contributed by atoms with Gasteiger partial charge in [-0.2, -0.15) is 0 Å². The lowest BCUT2D eigenvalue weighted by Crippen LogP contribution is -2.54. The number of hydrogen-bond donors (Lipinski definition) is 2. The number of rotatable bonds is 5. The molecule has 25 heavy (non-hydrogen) atoms. The van der Waals surface area contributed by atoms with Crippen LogP contribution in [0.1, 0.15) is 6.92 Å². The summed E-state index contributed by atoms with van der Waals surface area (Å²) in [6, 6.07) is 15.5. The van der Waals surface area contributed by atoms with Crippen molar-refractivity contribution in [2.75, 3.05) is 17.4 Å². The first kappa shape index (κ1) is 16.7. The number of imide groups is 1. The van der Waals surface area contributed by atoms with E-state index >= 15 is 0 Å². The van der Waals surface area contributed by atoms with Gasteiger partial charge in [0.1, 0.15) is 11.8 Å². The molecular formula is C19H19N3O3. The summed E-state index contributed by atoms with van der Waals surface area (Å²) in [5, 5.41) is 0.